The van der Waals surface area contributed by atoms with Crippen molar-refractivity contribution in [3.05, 3.63) is 47.8 Å². The average molecular weight is 453 g/mol. The number of halogens is 1. The van der Waals surface area contributed by atoms with Crippen LogP contribution in [0.2, 0.25) is 0 Å². The van der Waals surface area contributed by atoms with Crippen molar-refractivity contribution in [3.63, 3.8) is 0 Å². The number of hydrogen-bond donors (Lipinski definition) is 1. The molecule has 0 radical (unpaired) electrons. The van der Waals surface area contributed by atoms with E-state index in [2.05, 4.69) is 4.74 Å². The number of amides is 1. The van der Waals surface area contributed by atoms with Gasteiger partial charge >= 0.3 is 12.1 Å². The van der Waals surface area contributed by atoms with Crippen molar-refractivity contribution in [1.29, 1.82) is 5.26 Å². The Morgan fingerprint density at radius 1 is 1.21 bits per heavy atom. The largest absolute Gasteiger partial charge is 0.474 e. The van der Waals surface area contributed by atoms with E-state index in [0.29, 0.717) is 48.9 Å². The normalized spacial score (nSPS) is 14.5. The number of esters is 1. The Kier molecular flexibility index (Phi) is 6.15. The van der Waals surface area contributed by atoms with Crippen LogP contribution < -0.4 is 15.4 Å². The van der Waals surface area contributed by atoms with E-state index in [1.54, 1.807) is 19.1 Å². The molecule has 4 rings (SSSR count). The van der Waals surface area contributed by atoms with Gasteiger partial charge in [0.2, 0.25) is 0 Å². The molecule has 1 aliphatic rings. The number of primary amides is 1. The molecule has 1 aromatic heterocycles. The molecule has 2 aromatic carbocycles. The highest BCUT2D eigenvalue weighted by Gasteiger charge is 2.28. The lowest BCUT2D eigenvalue weighted by Gasteiger charge is -2.30. The molecule has 0 saturated carbocycles. The smallest absolute Gasteiger partial charge is 0.412 e. The fraction of sp³-hybridized carbons (Fsp3) is 0.261. The maximum Gasteiger partial charge on any atom is 0.412 e. The van der Waals surface area contributed by atoms with Gasteiger partial charge in [-0.2, -0.15) is 5.26 Å². The monoisotopic (exact) mass is 453 g/mol. The molecule has 0 aliphatic carbocycles. The number of carbonyl (C=O) groups is 2. The summed E-state index contributed by atoms with van der Waals surface area (Å²) in [5.74, 6) is -1.07. The zero-order valence-electron chi connectivity index (χ0n) is 17.7. The van der Waals surface area contributed by atoms with Crippen LogP contribution in [0, 0.1) is 17.1 Å². The van der Waals surface area contributed by atoms with E-state index in [-0.39, 0.29) is 16.7 Å². The van der Waals surface area contributed by atoms with Crippen LogP contribution in [-0.2, 0) is 9.47 Å². The first kappa shape index (κ1) is 22.1. The van der Waals surface area contributed by atoms with E-state index in [1.807, 2.05) is 11.0 Å². The number of morpholine rings is 1. The Labute approximate surface area is 188 Å². The van der Waals surface area contributed by atoms with Gasteiger partial charge in [-0.3, -0.25) is 0 Å². The molecule has 2 heterocycles. The first-order valence-electron chi connectivity index (χ1n) is 10.1. The number of nitrogens with zero attached hydrogens (tertiary/aromatic N) is 2. The molecule has 1 saturated heterocycles. The number of fused-ring (bicyclic) bond motifs is 1. The quantitative estimate of drug-likeness (QED) is 0.458. The predicted octanol–water partition coefficient (Wildman–Crippen LogP) is 3.60. The summed E-state index contributed by atoms with van der Waals surface area (Å²) in [7, 11) is 0. The molecular weight excluding hydrogens is 433 g/mol. The van der Waals surface area contributed by atoms with E-state index in [0.717, 1.165) is 0 Å². The molecule has 1 fully saturated rings. The molecule has 33 heavy (non-hydrogen) atoms. The van der Waals surface area contributed by atoms with Gasteiger partial charge in [0.25, 0.3) is 0 Å². The van der Waals surface area contributed by atoms with Crippen LogP contribution in [0.4, 0.5) is 14.9 Å². The van der Waals surface area contributed by atoms with Crippen molar-refractivity contribution in [2.24, 2.45) is 5.73 Å². The summed E-state index contributed by atoms with van der Waals surface area (Å²) in [4.78, 5) is 26.1. The molecule has 9 nitrogen and oxygen atoms in total. The highest BCUT2D eigenvalue weighted by Crippen LogP contribution is 2.41. The van der Waals surface area contributed by atoms with Crippen LogP contribution in [0.25, 0.3) is 22.3 Å². The van der Waals surface area contributed by atoms with Crippen molar-refractivity contribution in [2.75, 3.05) is 31.2 Å². The standard InChI is InChI=1S/C23H20FN3O6/c1-13(12-25)31-19-10-16-18(11-17(19)27-6-8-30-9-7-27)32-21(14-2-4-15(24)5-3-14)20(16)22(28)33-23(26)29/h2-5,10-11,13H,6-9H2,1H3,(H2,26,29). The van der Waals surface area contributed by atoms with Crippen LogP contribution in [0.1, 0.15) is 17.3 Å². The fourth-order valence-corrected chi connectivity index (χ4v) is 3.62. The topological polar surface area (TPSA) is 128 Å². The Morgan fingerprint density at radius 2 is 1.91 bits per heavy atom. The van der Waals surface area contributed by atoms with Crippen molar-refractivity contribution in [3.8, 4) is 23.1 Å². The highest BCUT2D eigenvalue weighted by atomic mass is 19.1. The second-order valence-corrected chi connectivity index (χ2v) is 7.33. The minimum Gasteiger partial charge on any atom is -0.474 e. The van der Waals surface area contributed by atoms with Crippen molar-refractivity contribution in [1.82, 2.24) is 0 Å². The minimum absolute atomic E-state index is 0.0709. The molecule has 0 spiro atoms. The lowest BCUT2D eigenvalue weighted by atomic mass is 10.0. The summed E-state index contributed by atoms with van der Waals surface area (Å²) >= 11 is 0. The molecule has 1 atom stereocenters. The van der Waals surface area contributed by atoms with E-state index in [1.165, 1.54) is 24.3 Å². The minimum atomic E-state index is -1.28. The summed E-state index contributed by atoms with van der Waals surface area (Å²) < 4.78 is 35.3. The number of rotatable bonds is 5. The number of carbonyl (C=O) groups excluding carboxylic acids is 2. The van der Waals surface area contributed by atoms with E-state index >= 15 is 0 Å². The van der Waals surface area contributed by atoms with Gasteiger partial charge in [-0.25, -0.2) is 14.0 Å². The Hall–Kier alpha value is -4.10. The van der Waals surface area contributed by atoms with Gasteiger partial charge in [0.1, 0.15) is 34.5 Å². The summed E-state index contributed by atoms with van der Waals surface area (Å²) in [6.07, 6.45) is -2.05. The van der Waals surface area contributed by atoms with Gasteiger partial charge in [-0.15, -0.1) is 0 Å². The number of benzene rings is 2. The number of nitriles is 1. The van der Waals surface area contributed by atoms with Crippen molar-refractivity contribution >= 4 is 28.7 Å². The summed E-state index contributed by atoms with van der Waals surface area (Å²) in [6.45, 7) is 3.80. The molecule has 0 bridgehead atoms. The lowest BCUT2D eigenvalue weighted by molar-refractivity contribution is 0.0640. The fourth-order valence-electron chi connectivity index (χ4n) is 3.62. The van der Waals surface area contributed by atoms with Crippen LogP contribution in [0.15, 0.2) is 40.8 Å². The van der Waals surface area contributed by atoms with Gasteiger partial charge in [-0.05, 0) is 37.3 Å². The maximum absolute atomic E-state index is 13.5. The van der Waals surface area contributed by atoms with Gasteiger partial charge in [0.05, 0.1) is 18.9 Å². The number of hydrogen-bond acceptors (Lipinski definition) is 8. The lowest BCUT2D eigenvalue weighted by Crippen LogP contribution is -2.36. The number of furan rings is 1. The number of ether oxygens (including phenoxy) is 3. The second kappa shape index (κ2) is 9.18. The first-order valence-corrected chi connectivity index (χ1v) is 10.1. The maximum atomic E-state index is 13.5. The Balaban J connectivity index is 1.94. The van der Waals surface area contributed by atoms with Gasteiger partial charge in [0.15, 0.2) is 6.10 Å². The second-order valence-electron chi connectivity index (χ2n) is 7.33. The molecule has 1 unspecified atom stereocenters. The molecule has 2 N–H and O–H groups in total. The third-order valence-electron chi connectivity index (χ3n) is 5.11. The summed E-state index contributed by atoms with van der Waals surface area (Å²) in [5.41, 5.74) is 6.33. The third kappa shape index (κ3) is 4.58. The van der Waals surface area contributed by atoms with Crippen LogP contribution in [-0.4, -0.2) is 44.5 Å². The third-order valence-corrected chi connectivity index (χ3v) is 5.11. The SMILES string of the molecule is CC(C#N)Oc1cc2c(C(=O)OC(N)=O)c(-c3ccc(F)cc3)oc2cc1N1CCOCC1. The summed E-state index contributed by atoms with van der Waals surface area (Å²) in [6, 6.07) is 10.6. The van der Waals surface area contributed by atoms with Crippen LogP contribution in [0.5, 0.6) is 5.75 Å². The van der Waals surface area contributed by atoms with Crippen LogP contribution in [0.3, 0.4) is 0 Å². The highest BCUT2D eigenvalue weighted by molar-refractivity contribution is 6.12. The molecular formula is C23H20FN3O6. The molecule has 170 valence electrons. The number of nitrogens with two attached hydrogens (primary N) is 1. The zero-order chi connectivity index (χ0) is 23.5. The Morgan fingerprint density at radius 3 is 2.55 bits per heavy atom. The molecule has 1 aliphatic heterocycles. The van der Waals surface area contributed by atoms with Gasteiger partial charge in [0, 0.05) is 30.1 Å². The zero-order valence-corrected chi connectivity index (χ0v) is 17.7. The van der Waals surface area contributed by atoms with E-state index < -0.39 is 24.0 Å². The summed E-state index contributed by atoms with van der Waals surface area (Å²) in [5, 5.41) is 9.53. The van der Waals surface area contributed by atoms with E-state index in [9.17, 15) is 19.2 Å². The predicted molar refractivity (Wildman–Crippen MR) is 115 cm³/mol. The molecule has 3 aromatic rings. The Bertz CT molecular complexity index is 1240. The van der Waals surface area contributed by atoms with E-state index in [4.69, 9.17) is 19.6 Å². The van der Waals surface area contributed by atoms with Crippen molar-refractivity contribution < 1.29 is 32.6 Å². The van der Waals surface area contributed by atoms with Crippen molar-refractivity contribution in [2.45, 2.75) is 13.0 Å². The number of anilines is 1. The molecule has 10 heteroatoms. The van der Waals surface area contributed by atoms with Gasteiger partial charge < -0.3 is 29.3 Å². The van der Waals surface area contributed by atoms with Crippen LogP contribution >= 0.6 is 0 Å². The molecule has 1 amide bonds. The van der Waals surface area contributed by atoms with Gasteiger partial charge in [-0.1, -0.05) is 0 Å². The first-order chi connectivity index (χ1) is 15.9. The average Bonchev–Trinajstić information content (AvgIpc) is 3.17.